The van der Waals surface area contributed by atoms with E-state index in [1.807, 2.05) is 36.4 Å². The van der Waals surface area contributed by atoms with Gasteiger partial charge in [-0.2, -0.15) is 0 Å². The van der Waals surface area contributed by atoms with Crippen molar-refractivity contribution in [1.82, 2.24) is 5.32 Å². The minimum absolute atomic E-state index is 0.120. The highest BCUT2D eigenvalue weighted by Gasteiger charge is 2.39. The van der Waals surface area contributed by atoms with Gasteiger partial charge >= 0.3 is 0 Å². The second kappa shape index (κ2) is 29.3. The van der Waals surface area contributed by atoms with Crippen molar-refractivity contribution < 1.29 is 24.1 Å². The average Bonchev–Trinajstić information content (AvgIpc) is 3.22. The number of allylic oxidation sites excluding steroid dienone is 5. The number of hydrogen-bond donors (Lipinski definition) is 3. The Hall–Kier alpha value is -3.94. The van der Waals surface area contributed by atoms with Gasteiger partial charge < -0.3 is 20.6 Å². The molecule has 2 amide bonds. The highest BCUT2D eigenvalue weighted by atomic mass is 16.3. The Kier molecular flexibility index (Phi) is 24.7. The minimum atomic E-state index is -0.307. The van der Waals surface area contributed by atoms with E-state index >= 15 is 0 Å². The highest BCUT2D eigenvalue weighted by Crippen LogP contribution is 2.43. The van der Waals surface area contributed by atoms with Crippen LogP contribution in [-0.4, -0.2) is 59.2 Å². The zero-order chi connectivity index (χ0) is 43.5. The number of unbranched alkanes of at least 4 members (excludes halogenated alkanes) is 20. The number of aliphatic hydroxyl groups is 1. The fraction of sp³-hybridized carbons (Fsp3) is 0.654. The number of Topliss-reactive ketones (excluding diaryl/α,β-unsaturated/α-hetero) is 1. The van der Waals surface area contributed by atoms with Gasteiger partial charge in [0.15, 0.2) is 0 Å². The van der Waals surface area contributed by atoms with Gasteiger partial charge in [-0.1, -0.05) is 143 Å². The molecule has 1 aromatic rings. The van der Waals surface area contributed by atoms with Crippen LogP contribution in [0.25, 0.3) is 5.57 Å². The molecule has 3 rings (SSSR count). The van der Waals surface area contributed by atoms with E-state index < -0.39 is 0 Å². The summed E-state index contributed by atoms with van der Waals surface area (Å²) in [5.41, 5.74) is 4.42. The third-order valence-electron chi connectivity index (χ3n) is 12.0. The zero-order valence-corrected chi connectivity index (χ0v) is 38.8. The van der Waals surface area contributed by atoms with E-state index in [0.717, 1.165) is 63.3 Å². The lowest BCUT2D eigenvalue weighted by Gasteiger charge is -2.29. The van der Waals surface area contributed by atoms with Crippen LogP contribution in [0.4, 0.5) is 11.4 Å². The molecular formula is C52H83N4O4+. The molecule has 8 heteroatoms. The first-order chi connectivity index (χ1) is 29.2. The number of aliphatic hydroxyl groups excluding tert-OH is 1. The van der Waals surface area contributed by atoms with Gasteiger partial charge in [-0.25, -0.2) is 4.58 Å². The molecule has 0 aromatic heterocycles. The van der Waals surface area contributed by atoms with Crippen molar-refractivity contribution in [1.29, 1.82) is 0 Å². The van der Waals surface area contributed by atoms with Crippen LogP contribution in [0.2, 0.25) is 0 Å². The van der Waals surface area contributed by atoms with Crippen LogP contribution >= 0.6 is 0 Å². The van der Waals surface area contributed by atoms with Crippen LogP contribution in [0.3, 0.4) is 0 Å². The lowest BCUT2D eigenvalue weighted by atomic mass is 9.78. The third kappa shape index (κ3) is 17.2. The minimum Gasteiger partial charge on any atom is -0.506 e. The predicted octanol–water partition coefficient (Wildman–Crippen LogP) is 13.1. The van der Waals surface area contributed by atoms with Crippen LogP contribution in [0.5, 0.6) is 0 Å². The summed E-state index contributed by atoms with van der Waals surface area (Å²) in [5, 5.41) is 17.7. The molecule has 0 radical (unpaired) electrons. The van der Waals surface area contributed by atoms with E-state index in [4.69, 9.17) is 0 Å². The molecule has 0 saturated carbocycles. The molecule has 1 aromatic carbocycles. The van der Waals surface area contributed by atoms with E-state index in [0.29, 0.717) is 22.5 Å². The summed E-state index contributed by atoms with van der Waals surface area (Å²) in [4.78, 5) is 41.7. The van der Waals surface area contributed by atoms with Crippen molar-refractivity contribution in [3.63, 3.8) is 0 Å². The van der Waals surface area contributed by atoms with Crippen molar-refractivity contribution in [3.05, 3.63) is 64.6 Å². The number of anilines is 2. The van der Waals surface area contributed by atoms with Crippen LogP contribution < -0.4 is 15.5 Å². The molecule has 60 heavy (non-hydrogen) atoms. The van der Waals surface area contributed by atoms with Gasteiger partial charge in [-0.3, -0.25) is 14.4 Å². The Morgan fingerprint density at radius 3 is 1.53 bits per heavy atom. The molecule has 0 aliphatic heterocycles. The maximum Gasteiger partial charge on any atom is 0.221 e. The number of hydrogen-bond acceptors (Lipinski definition) is 5. The van der Waals surface area contributed by atoms with Crippen molar-refractivity contribution in [2.24, 2.45) is 0 Å². The van der Waals surface area contributed by atoms with Crippen LogP contribution in [0, 0.1) is 0 Å². The van der Waals surface area contributed by atoms with Gasteiger partial charge in [-0.05, 0) is 50.0 Å². The summed E-state index contributed by atoms with van der Waals surface area (Å²) in [7, 11) is 0. The maximum atomic E-state index is 14.2. The van der Waals surface area contributed by atoms with Crippen molar-refractivity contribution in [3.8, 4) is 0 Å². The number of nitrogens with zero attached hydrogens (tertiary/aromatic N) is 2. The number of carbonyl (C=O) groups is 3. The van der Waals surface area contributed by atoms with Crippen molar-refractivity contribution in [2.75, 3.05) is 36.4 Å². The van der Waals surface area contributed by atoms with E-state index in [1.165, 1.54) is 142 Å². The Morgan fingerprint density at radius 2 is 1.07 bits per heavy atom. The zero-order valence-electron chi connectivity index (χ0n) is 38.8. The summed E-state index contributed by atoms with van der Waals surface area (Å²) >= 11 is 0. The van der Waals surface area contributed by atoms with E-state index in [-0.39, 0.29) is 34.5 Å². The molecule has 8 nitrogen and oxygen atoms in total. The van der Waals surface area contributed by atoms with Crippen molar-refractivity contribution >= 4 is 40.3 Å². The maximum absolute atomic E-state index is 14.2. The molecule has 3 N–H and O–H groups in total. The van der Waals surface area contributed by atoms with E-state index in [2.05, 4.69) is 47.8 Å². The summed E-state index contributed by atoms with van der Waals surface area (Å²) < 4.78 is 2.42. The first-order valence-corrected chi connectivity index (χ1v) is 24.4. The Balaban J connectivity index is 1.96. The summed E-state index contributed by atoms with van der Waals surface area (Å²) in [6, 6.07) is 5.87. The molecular weight excluding hydrogens is 745 g/mol. The molecule has 0 fully saturated rings. The van der Waals surface area contributed by atoms with Crippen LogP contribution in [-0.2, 0) is 14.4 Å². The van der Waals surface area contributed by atoms with Gasteiger partial charge in [0, 0.05) is 68.8 Å². The molecule has 0 unspecified atom stereocenters. The van der Waals surface area contributed by atoms with Gasteiger partial charge in [-0.15, -0.1) is 0 Å². The first kappa shape index (κ1) is 50.4. The second-order valence-corrected chi connectivity index (χ2v) is 17.3. The molecule has 0 atom stereocenters. The molecule has 0 saturated heterocycles. The van der Waals surface area contributed by atoms with Crippen LogP contribution in [0.15, 0.2) is 59.0 Å². The van der Waals surface area contributed by atoms with Gasteiger partial charge in [0.05, 0.1) is 22.5 Å². The smallest absolute Gasteiger partial charge is 0.221 e. The average molecular weight is 828 g/mol. The number of benzene rings is 1. The first-order valence-electron chi connectivity index (χ1n) is 24.4. The Morgan fingerprint density at radius 1 is 0.600 bits per heavy atom. The molecule has 2 aliphatic carbocycles. The fourth-order valence-corrected chi connectivity index (χ4v) is 8.45. The number of ketones is 1. The van der Waals surface area contributed by atoms with E-state index in [1.54, 1.807) is 0 Å². The summed E-state index contributed by atoms with van der Waals surface area (Å²) in [5.74, 6) is -0.903. The lowest BCUT2D eigenvalue weighted by molar-refractivity contribution is -0.527. The lowest BCUT2D eigenvalue weighted by Crippen LogP contribution is -2.31. The number of amides is 2. The largest absolute Gasteiger partial charge is 0.506 e. The monoisotopic (exact) mass is 828 g/mol. The summed E-state index contributed by atoms with van der Waals surface area (Å²) in [6.07, 6.45) is 35.1. The van der Waals surface area contributed by atoms with Gasteiger partial charge in [0.1, 0.15) is 18.8 Å². The SMILES string of the molecule is CCCCCCCCN(CCCCCCCC)c1ccc(C2=C(O)/C(=C3/C=CC(=[N+](CCCCCCCC)CCCCCCCC)C=C3NC(C)=O)C2=O)c(NC(C)=O)c1. The molecule has 0 spiro atoms. The van der Waals surface area contributed by atoms with Crippen molar-refractivity contribution in [2.45, 2.75) is 196 Å². The Bertz CT molecular complexity index is 1630. The molecule has 2 aliphatic rings. The number of carbonyl (C=O) groups excluding carboxylic acids is 3. The summed E-state index contributed by atoms with van der Waals surface area (Å²) in [6.45, 7) is 15.6. The topological polar surface area (TPSA) is 102 Å². The molecule has 334 valence electrons. The standard InChI is InChI=1S/C52H82N4O4/c1-7-11-15-19-23-27-35-55(36-28-24-20-16-12-8-2)43-31-33-45(47(39-43)53-41(5)57)49-51(59)50(52(49)60)46-34-32-44(40-48(46)54-42(6)58)56(37-29-25-21-17-13-9-3)38-30-26-22-18-14-10-4/h31-34,39-40H,7-30,35-38H2,1-6H3,(H2,53,54,57,58,59,60)/p+1. The van der Waals surface area contributed by atoms with Gasteiger partial charge in [0.2, 0.25) is 23.3 Å². The third-order valence-corrected chi connectivity index (χ3v) is 12.0. The van der Waals surface area contributed by atoms with E-state index in [9.17, 15) is 19.5 Å². The fourth-order valence-electron chi connectivity index (χ4n) is 8.45. The normalized spacial score (nSPS) is 15.0. The second-order valence-electron chi connectivity index (χ2n) is 17.3. The molecule has 0 bridgehead atoms. The number of rotatable bonds is 32. The van der Waals surface area contributed by atoms with Crippen LogP contribution in [0.1, 0.15) is 201 Å². The molecule has 0 heterocycles. The van der Waals surface area contributed by atoms with Gasteiger partial charge in [0.25, 0.3) is 0 Å². The Labute approximate surface area is 365 Å². The number of nitrogens with one attached hydrogen (secondary N) is 2. The predicted molar refractivity (Wildman–Crippen MR) is 254 cm³/mol. The highest BCUT2D eigenvalue weighted by molar-refractivity contribution is 6.40. The quantitative estimate of drug-likeness (QED) is 0.0381.